The molecule has 0 spiro atoms. The Morgan fingerprint density at radius 3 is 2.19 bits per heavy atom. The number of carbonyl (C=O) groups is 1. The van der Waals surface area contributed by atoms with Gasteiger partial charge in [0.2, 0.25) is 0 Å². The Balaban J connectivity index is 2.31. The minimum atomic E-state index is -0.961. The van der Waals surface area contributed by atoms with E-state index in [1.807, 2.05) is 0 Å². The van der Waals surface area contributed by atoms with Crippen LogP contribution in [0.1, 0.15) is 5.56 Å². The van der Waals surface area contributed by atoms with E-state index in [2.05, 4.69) is 15.0 Å². The molecule has 0 aliphatic heterocycles. The maximum atomic E-state index is 10.8. The summed E-state index contributed by atoms with van der Waals surface area (Å²) >= 11 is 0. The number of aromatic nitrogens is 3. The number of benzene rings is 1. The van der Waals surface area contributed by atoms with Crippen LogP contribution in [0.4, 0.5) is 0 Å². The van der Waals surface area contributed by atoms with Gasteiger partial charge in [0.1, 0.15) is 5.75 Å². The SMILES string of the molecule is COc1nc(OC)nc(Oc2ccccc2CC(=O)O)n1. The molecule has 0 amide bonds. The summed E-state index contributed by atoms with van der Waals surface area (Å²) in [7, 11) is 2.80. The van der Waals surface area contributed by atoms with Crippen molar-refractivity contribution in [2.45, 2.75) is 6.42 Å². The van der Waals surface area contributed by atoms with Crippen LogP contribution in [0.25, 0.3) is 0 Å². The first-order chi connectivity index (χ1) is 10.1. The number of rotatable bonds is 6. The van der Waals surface area contributed by atoms with Gasteiger partial charge in [-0.3, -0.25) is 4.79 Å². The van der Waals surface area contributed by atoms with Gasteiger partial charge in [-0.15, -0.1) is 15.0 Å². The molecule has 0 radical (unpaired) electrons. The molecule has 1 aromatic heterocycles. The predicted octanol–water partition coefficient (Wildman–Crippen LogP) is 1.31. The Kier molecular flexibility index (Phi) is 4.50. The Morgan fingerprint density at radius 1 is 1.05 bits per heavy atom. The van der Waals surface area contributed by atoms with E-state index in [-0.39, 0.29) is 24.5 Å². The highest BCUT2D eigenvalue weighted by atomic mass is 16.5. The Morgan fingerprint density at radius 2 is 1.62 bits per heavy atom. The fourth-order valence-electron chi connectivity index (χ4n) is 1.56. The molecule has 0 atom stereocenters. The van der Waals surface area contributed by atoms with Gasteiger partial charge in [-0.2, -0.15) is 0 Å². The third-order valence-electron chi connectivity index (χ3n) is 2.45. The zero-order valence-corrected chi connectivity index (χ0v) is 11.4. The van der Waals surface area contributed by atoms with E-state index in [0.717, 1.165) is 0 Å². The molecule has 1 N–H and O–H groups in total. The molecular formula is C13H13N3O5. The summed E-state index contributed by atoms with van der Waals surface area (Å²) in [6.07, 6.45) is -0.171. The summed E-state index contributed by atoms with van der Waals surface area (Å²) in [6.45, 7) is 0. The van der Waals surface area contributed by atoms with Crippen molar-refractivity contribution in [2.24, 2.45) is 0 Å². The third kappa shape index (κ3) is 3.78. The molecule has 110 valence electrons. The molecule has 2 aromatic rings. The van der Waals surface area contributed by atoms with Crippen molar-refractivity contribution in [2.75, 3.05) is 14.2 Å². The topological polar surface area (TPSA) is 104 Å². The summed E-state index contributed by atoms with van der Waals surface area (Å²) < 4.78 is 15.3. The first-order valence-electron chi connectivity index (χ1n) is 5.94. The van der Waals surface area contributed by atoms with E-state index in [9.17, 15) is 4.79 Å². The molecule has 0 aliphatic rings. The van der Waals surface area contributed by atoms with Crippen molar-refractivity contribution >= 4 is 5.97 Å². The molecule has 1 aromatic carbocycles. The number of carboxylic acids is 1. The number of hydrogen-bond donors (Lipinski definition) is 1. The number of para-hydroxylation sites is 1. The summed E-state index contributed by atoms with van der Waals surface area (Å²) in [4.78, 5) is 22.5. The number of methoxy groups -OCH3 is 2. The highest BCUT2D eigenvalue weighted by molar-refractivity contribution is 5.71. The van der Waals surface area contributed by atoms with Gasteiger partial charge in [-0.25, -0.2) is 0 Å². The molecule has 8 heteroatoms. The fourth-order valence-corrected chi connectivity index (χ4v) is 1.56. The van der Waals surface area contributed by atoms with Crippen molar-refractivity contribution in [1.29, 1.82) is 0 Å². The molecule has 21 heavy (non-hydrogen) atoms. The van der Waals surface area contributed by atoms with Crippen molar-refractivity contribution in [3.05, 3.63) is 29.8 Å². The average Bonchev–Trinajstić information content (AvgIpc) is 2.48. The predicted molar refractivity (Wildman–Crippen MR) is 70.8 cm³/mol. The van der Waals surface area contributed by atoms with Gasteiger partial charge in [-0.05, 0) is 6.07 Å². The molecule has 0 bridgehead atoms. The lowest BCUT2D eigenvalue weighted by Gasteiger charge is -2.09. The maximum absolute atomic E-state index is 10.8. The molecule has 1 heterocycles. The van der Waals surface area contributed by atoms with Crippen molar-refractivity contribution in [3.63, 3.8) is 0 Å². The van der Waals surface area contributed by atoms with Gasteiger partial charge in [0, 0.05) is 5.56 Å². The van der Waals surface area contributed by atoms with Gasteiger partial charge < -0.3 is 19.3 Å². The second-order valence-corrected chi connectivity index (χ2v) is 3.87. The van der Waals surface area contributed by atoms with Crippen molar-refractivity contribution in [1.82, 2.24) is 15.0 Å². The molecule has 0 fully saturated rings. The van der Waals surface area contributed by atoms with Crippen LogP contribution in [0.2, 0.25) is 0 Å². The average molecular weight is 291 g/mol. The molecule has 0 unspecified atom stereocenters. The van der Waals surface area contributed by atoms with Crippen molar-refractivity contribution < 1.29 is 24.1 Å². The summed E-state index contributed by atoms with van der Waals surface area (Å²) in [5, 5.41) is 8.88. The molecular weight excluding hydrogens is 278 g/mol. The smallest absolute Gasteiger partial charge is 0.331 e. The first kappa shape index (κ1) is 14.5. The van der Waals surface area contributed by atoms with Crippen LogP contribution in [0.3, 0.4) is 0 Å². The lowest BCUT2D eigenvalue weighted by Crippen LogP contribution is -2.04. The van der Waals surface area contributed by atoms with Crippen molar-refractivity contribution in [3.8, 4) is 23.8 Å². The normalized spacial score (nSPS) is 10.0. The van der Waals surface area contributed by atoms with Crippen LogP contribution in [0.15, 0.2) is 24.3 Å². The van der Waals surface area contributed by atoms with E-state index in [4.69, 9.17) is 19.3 Å². The molecule has 0 aliphatic carbocycles. The Labute approximate surface area is 120 Å². The van der Waals surface area contributed by atoms with Crippen LogP contribution in [0, 0.1) is 0 Å². The van der Waals surface area contributed by atoms with E-state index >= 15 is 0 Å². The second-order valence-electron chi connectivity index (χ2n) is 3.87. The van der Waals surface area contributed by atoms with Gasteiger partial charge in [0.05, 0.1) is 20.6 Å². The zero-order valence-electron chi connectivity index (χ0n) is 11.4. The monoisotopic (exact) mass is 291 g/mol. The van der Waals surface area contributed by atoms with Gasteiger partial charge >= 0.3 is 24.0 Å². The van der Waals surface area contributed by atoms with Gasteiger partial charge in [0.25, 0.3) is 0 Å². The standard InChI is InChI=1S/C13H13N3O5/c1-19-11-14-12(20-2)16-13(15-11)21-9-6-4-3-5-8(9)7-10(17)18/h3-6H,7H2,1-2H3,(H,17,18). The number of aliphatic carboxylic acids is 1. The quantitative estimate of drug-likeness (QED) is 0.849. The Hall–Kier alpha value is -2.90. The van der Waals surface area contributed by atoms with Crippen LogP contribution in [-0.2, 0) is 11.2 Å². The highest BCUT2D eigenvalue weighted by Gasteiger charge is 2.12. The minimum Gasteiger partial charge on any atom is -0.481 e. The largest absolute Gasteiger partial charge is 0.481 e. The van der Waals surface area contributed by atoms with Gasteiger partial charge in [0.15, 0.2) is 0 Å². The maximum Gasteiger partial charge on any atom is 0.331 e. The number of ether oxygens (including phenoxy) is 3. The third-order valence-corrected chi connectivity index (χ3v) is 2.45. The van der Waals surface area contributed by atoms with E-state index in [1.165, 1.54) is 14.2 Å². The number of hydrogen-bond acceptors (Lipinski definition) is 7. The van der Waals surface area contributed by atoms with Crippen LogP contribution in [-0.4, -0.2) is 40.2 Å². The lowest BCUT2D eigenvalue weighted by atomic mass is 10.1. The molecule has 0 saturated carbocycles. The number of carboxylic acid groups (broad SMARTS) is 1. The summed E-state index contributed by atoms with van der Waals surface area (Å²) in [5.41, 5.74) is 0.503. The zero-order chi connectivity index (χ0) is 15.2. The van der Waals surface area contributed by atoms with Crippen LogP contribution in [0.5, 0.6) is 23.8 Å². The van der Waals surface area contributed by atoms with Crippen LogP contribution >= 0.6 is 0 Å². The first-order valence-corrected chi connectivity index (χ1v) is 5.94. The molecule has 2 rings (SSSR count). The van der Waals surface area contributed by atoms with E-state index in [1.54, 1.807) is 24.3 Å². The summed E-state index contributed by atoms with van der Waals surface area (Å²) in [5.74, 6) is -0.618. The van der Waals surface area contributed by atoms with E-state index < -0.39 is 5.97 Å². The second kappa shape index (κ2) is 6.51. The summed E-state index contributed by atoms with van der Waals surface area (Å²) in [6, 6.07) is 6.74. The van der Waals surface area contributed by atoms with Crippen LogP contribution < -0.4 is 14.2 Å². The lowest BCUT2D eigenvalue weighted by molar-refractivity contribution is -0.136. The van der Waals surface area contributed by atoms with Gasteiger partial charge in [-0.1, -0.05) is 18.2 Å². The highest BCUT2D eigenvalue weighted by Crippen LogP contribution is 2.25. The van der Waals surface area contributed by atoms with E-state index in [0.29, 0.717) is 11.3 Å². The molecule has 8 nitrogen and oxygen atoms in total. The minimum absolute atomic E-state index is 0.0348. The number of nitrogens with zero attached hydrogens (tertiary/aromatic N) is 3. The Bertz CT molecular complexity index is 625. The molecule has 0 saturated heterocycles. The fraction of sp³-hybridized carbons (Fsp3) is 0.231.